The average molecular weight is 363 g/mol. The third-order valence-electron chi connectivity index (χ3n) is 4.87. The summed E-state index contributed by atoms with van der Waals surface area (Å²) in [7, 11) is 0. The first-order chi connectivity index (χ1) is 13.0. The zero-order valence-corrected chi connectivity index (χ0v) is 15.8. The molecule has 3 rings (SSSR count). The second kappa shape index (κ2) is 8.62. The van der Waals surface area contributed by atoms with Crippen LogP contribution in [0.25, 0.3) is 0 Å². The Morgan fingerprint density at radius 1 is 0.963 bits per heavy atom. The van der Waals surface area contributed by atoms with Crippen LogP contribution >= 0.6 is 0 Å². The fourth-order valence-corrected chi connectivity index (χ4v) is 3.17. The van der Waals surface area contributed by atoms with Crippen LogP contribution in [0.5, 0.6) is 0 Å². The highest BCUT2D eigenvalue weighted by molar-refractivity contribution is 6.03. The number of carbonyl (C=O) groups excluding carboxylic acids is 2. The number of carbonyl (C=O) groups is 2. The van der Waals surface area contributed by atoms with Crippen molar-refractivity contribution in [3.63, 3.8) is 0 Å². The summed E-state index contributed by atoms with van der Waals surface area (Å²) in [5, 5.41) is 7.12. The van der Waals surface area contributed by atoms with Gasteiger partial charge in [0.2, 0.25) is 11.8 Å². The van der Waals surface area contributed by atoms with Crippen LogP contribution in [0.2, 0.25) is 0 Å². The van der Waals surface area contributed by atoms with E-state index >= 15 is 0 Å². The summed E-state index contributed by atoms with van der Waals surface area (Å²) in [5.74, 6) is -0.426. The normalized spacial score (nSPS) is 14.5. The van der Waals surface area contributed by atoms with Crippen molar-refractivity contribution >= 4 is 23.2 Å². The minimum Gasteiger partial charge on any atom is -0.326 e. The van der Waals surface area contributed by atoms with Gasteiger partial charge in [-0.2, -0.15) is 5.10 Å². The monoisotopic (exact) mass is 363 g/mol. The van der Waals surface area contributed by atoms with Gasteiger partial charge in [-0.3, -0.25) is 9.59 Å². The molecule has 2 N–H and O–H groups in total. The van der Waals surface area contributed by atoms with Gasteiger partial charge in [0.15, 0.2) is 0 Å². The number of anilines is 1. The molecule has 0 saturated carbocycles. The molecule has 0 bridgehead atoms. The van der Waals surface area contributed by atoms with Crippen LogP contribution in [0.4, 0.5) is 5.69 Å². The van der Waals surface area contributed by atoms with Crippen molar-refractivity contribution < 1.29 is 9.59 Å². The number of benzene rings is 2. The summed E-state index contributed by atoms with van der Waals surface area (Å²) < 4.78 is 0. The summed E-state index contributed by atoms with van der Waals surface area (Å²) in [4.78, 5) is 24.1. The third-order valence-corrected chi connectivity index (χ3v) is 4.87. The van der Waals surface area contributed by atoms with Gasteiger partial charge in [-0.1, -0.05) is 30.3 Å². The Kier molecular flexibility index (Phi) is 6.01. The van der Waals surface area contributed by atoms with Gasteiger partial charge in [0.1, 0.15) is 0 Å². The van der Waals surface area contributed by atoms with Crippen molar-refractivity contribution in [3.05, 3.63) is 64.7 Å². The molecule has 0 saturated heterocycles. The number of rotatable bonds is 5. The molecule has 140 valence electrons. The van der Waals surface area contributed by atoms with Crippen molar-refractivity contribution in [1.29, 1.82) is 0 Å². The standard InChI is InChI=1S/C22H25N3O2/c1-15-10-11-18(14-16(15)2)23-21(26)12-13-22(27)25-24-20-9-5-7-17-6-3-4-8-19(17)20/h3-4,6,8,10-11,14H,5,7,9,12-13H2,1-2H3,(H,23,26)(H,25,27). The van der Waals surface area contributed by atoms with Crippen molar-refractivity contribution in [2.24, 2.45) is 5.10 Å². The zero-order valence-electron chi connectivity index (χ0n) is 15.8. The Balaban J connectivity index is 1.50. The third kappa shape index (κ3) is 5.03. The number of fused-ring (bicyclic) bond motifs is 1. The molecule has 0 atom stereocenters. The highest BCUT2D eigenvalue weighted by Gasteiger charge is 2.15. The molecule has 0 spiro atoms. The van der Waals surface area contributed by atoms with E-state index in [4.69, 9.17) is 0 Å². The average Bonchev–Trinajstić information content (AvgIpc) is 2.67. The maximum absolute atomic E-state index is 12.1. The number of nitrogens with zero attached hydrogens (tertiary/aromatic N) is 1. The van der Waals surface area contributed by atoms with Crippen molar-refractivity contribution in [1.82, 2.24) is 5.43 Å². The van der Waals surface area contributed by atoms with Crippen LogP contribution in [-0.2, 0) is 16.0 Å². The zero-order chi connectivity index (χ0) is 19.2. The van der Waals surface area contributed by atoms with Gasteiger partial charge in [0, 0.05) is 24.1 Å². The van der Waals surface area contributed by atoms with E-state index < -0.39 is 0 Å². The van der Waals surface area contributed by atoms with Crippen LogP contribution in [0, 0.1) is 13.8 Å². The molecular formula is C22H25N3O2. The molecule has 0 aromatic heterocycles. The second-order valence-corrected chi connectivity index (χ2v) is 6.95. The van der Waals surface area contributed by atoms with Gasteiger partial charge in [0.25, 0.3) is 0 Å². The van der Waals surface area contributed by atoms with E-state index in [-0.39, 0.29) is 24.7 Å². The number of amides is 2. The van der Waals surface area contributed by atoms with Crippen molar-refractivity contribution in [2.45, 2.75) is 46.0 Å². The van der Waals surface area contributed by atoms with E-state index in [2.05, 4.69) is 21.9 Å². The van der Waals surface area contributed by atoms with Crippen LogP contribution < -0.4 is 10.7 Å². The number of hydrazone groups is 1. The van der Waals surface area contributed by atoms with Crippen molar-refractivity contribution in [2.75, 3.05) is 5.32 Å². The van der Waals surface area contributed by atoms with Gasteiger partial charge in [-0.25, -0.2) is 5.43 Å². The predicted molar refractivity (Wildman–Crippen MR) is 108 cm³/mol. The number of hydrogen-bond acceptors (Lipinski definition) is 3. The number of nitrogens with one attached hydrogen (secondary N) is 2. The first-order valence-electron chi connectivity index (χ1n) is 9.34. The van der Waals surface area contributed by atoms with E-state index in [1.165, 1.54) is 11.1 Å². The SMILES string of the molecule is Cc1ccc(NC(=O)CCC(=O)NN=C2CCCc3ccccc32)cc1C. The Hall–Kier alpha value is -2.95. The lowest BCUT2D eigenvalue weighted by molar-refractivity contribution is -0.124. The first-order valence-corrected chi connectivity index (χ1v) is 9.34. The molecule has 5 nitrogen and oxygen atoms in total. The molecule has 2 aromatic rings. The number of aryl methyl sites for hydroxylation is 3. The molecule has 0 unspecified atom stereocenters. The fraction of sp³-hybridized carbons (Fsp3) is 0.318. The lowest BCUT2D eigenvalue weighted by Gasteiger charge is -2.17. The van der Waals surface area contributed by atoms with Crippen LogP contribution in [0.1, 0.15) is 47.9 Å². The molecule has 2 amide bonds. The lowest BCUT2D eigenvalue weighted by Crippen LogP contribution is -2.23. The molecule has 0 radical (unpaired) electrons. The highest BCUT2D eigenvalue weighted by Crippen LogP contribution is 2.21. The summed E-state index contributed by atoms with van der Waals surface area (Å²) >= 11 is 0. The van der Waals surface area contributed by atoms with Crippen LogP contribution in [-0.4, -0.2) is 17.5 Å². The largest absolute Gasteiger partial charge is 0.326 e. The molecule has 2 aromatic carbocycles. The summed E-state index contributed by atoms with van der Waals surface area (Å²) in [6, 6.07) is 13.9. The van der Waals surface area contributed by atoms with Gasteiger partial charge in [-0.05, 0) is 61.9 Å². The molecule has 0 heterocycles. The van der Waals surface area contributed by atoms with E-state index in [0.717, 1.165) is 41.8 Å². The lowest BCUT2D eigenvalue weighted by atomic mass is 9.90. The minimum atomic E-state index is -0.249. The van der Waals surface area contributed by atoms with Gasteiger partial charge in [0.05, 0.1) is 5.71 Å². The van der Waals surface area contributed by atoms with E-state index in [9.17, 15) is 9.59 Å². The molecule has 0 aliphatic heterocycles. The van der Waals surface area contributed by atoms with Gasteiger partial charge >= 0.3 is 0 Å². The van der Waals surface area contributed by atoms with Crippen LogP contribution in [0.15, 0.2) is 47.6 Å². The molecule has 1 aliphatic rings. The maximum atomic E-state index is 12.1. The molecular weight excluding hydrogens is 338 g/mol. The van der Waals surface area contributed by atoms with E-state index in [1.807, 2.05) is 50.2 Å². The molecule has 27 heavy (non-hydrogen) atoms. The smallest absolute Gasteiger partial charge is 0.240 e. The molecule has 5 heteroatoms. The number of hydrogen-bond donors (Lipinski definition) is 2. The summed E-state index contributed by atoms with van der Waals surface area (Å²) in [5.41, 5.74) is 8.93. The molecule has 1 aliphatic carbocycles. The predicted octanol–water partition coefficient (Wildman–Crippen LogP) is 3.88. The Labute approximate surface area is 159 Å². The summed E-state index contributed by atoms with van der Waals surface area (Å²) in [6.45, 7) is 4.03. The second-order valence-electron chi connectivity index (χ2n) is 6.95. The Morgan fingerprint density at radius 2 is 1.74 bits per heavy atom. The van der Waals surface area contributed by atoms with Gasteiger partial charge in [-0.15, -0.1) is 0 Å². The first kappa shape index (κ1) is 18.8. The van der Waals surface area contributed by atoms with E-state index in [1.54, 1.807) is 0 Å². The fourth-order valence-electron chi connectivity index (χ4n) is 3.17. The van der Waals surface area contributed by atoms with Crippen molar-refractivity contribution in [3.8, 4) is 0 Å². The van der Waals surface area contributed by atoms with Crippen LogP contribution in [0.3, 0.4) is 0 Å². The quantitative estimate of drug-likeness (QED) is 0.792. The highest BCUT2D eigenvalue weighted by atomic mass is 16.2. The minimum absolute atomic E-state index is 0.106. The Bertz CT molecular complexity index is 887. The Morgan fingerprint density at radius 3 is 2.56 bits per heavy atom. The maximum Gasteiger partial charge on any atom is 0.240 e. The topological polar surface area (TPSA) is 70.6 Å². The van der Waals surface area contributed by atoms with Gasteiger partial charge < -0.3 is 5.32 Å². The van der Waals surface area contributed by atoms with E-state index in [0.29, 0.717) is 0 Å². The summed E-state index contributed by atoms with van der Waals surface area (Å²) in [6.07, 6.45) is 3.16. The molecule has 0 fully saturated rings.